The Hall–Kier alpha value is -1.50. The van der Waals surface area contributed by atoms with Gasteiger partial charge in [0.2, 0.25) is 0 Å². The first-order valence-corrected chi connectivity index (χ1v) is 7.38. The van der Waals surface area contributed by atoms with Crippen LogP contribution in [0.3, 0.4) is 0 Å². The molecule has 2 aliphatic rings. The van der Waals surface area contributed by atoms with Crippen LogP contribution in [0.25, 0.3) is 0 Å². The molecule has 3 rings (SSSR count). The van der Waals surface area contributed by atoms with Crippen molar-refractivity contribution in [2.75, 3.05) is 45.9 Å². The summed E-state index contributed by atoms with van der Waals surface area (Å²) >= 11 is 0. The van der Waals surface area contributed by atoms with Gasteiger partial charge in [-0.2, -0.15) is 0 Å². The number of rotatable bonds is 3. The number of hydrogen-bond acceptors (Lipinski definition) is 5. The third-order valence-electron chi connectivity index (χ3n) is 4.15. The van der Waals surface area contributed by atoms with E-state index in [0.29, 0.717) is 44.8 Å². The first-order valence-electron chi connectivity index (χ1n) is 7.38. The average molecular weight is 291 g/mol. The van der Waals surface area contributed by atoms with Crippen molar-refractivity contribution < 1.29 is 14.6 Å². The van der Waals surface area contributed by atoms with Crippen LogP contribution in [0, 0.1) is 0 Å². The minimum atomic E-state index is -0.810. The minimum Gasteiger partial charge on any atom is -0.387 e. The Morgan fingerprint density at radius 2 is 2.19 bits per heavy atom. The van der Waals surface area contributed by atoms with E-state index in [1.807, 2.05) is 0 Å². The topological polar surface area (TPSA) is 65.9 Å². The highest BCUT2D eigenvalue weighted by Gasteiger charge is 2.39. The molecule has 114 valence electrons. The maximum atomic E-state index is 12.4. The number of β-amino-alcohol motifs (C(OH)–C–C–N with tert-alkyl or cyclic N) is 1. The molecule has 0 bridgehead atoms. The number of morpholine rings is 1. The Balaban J connectivity index is 1.60. The molecule has 1 atom stereocenters. The number of ether oxygens (including phenoxy) is 1. The second kappa shape index (κ2) is 6.09. The largest absolute Gasteiger partial charge is 0.387 e. The number of carbonyl (C=O) groups is 1. The highest BCUT2D eigenvalue weighted by molar-refractivity contribution is 5.94. The Labute approximate surface area is 124 Å². The molecule has 0 spiro atoms. The van der Waals surface area contributed by atoms with Gasteiger partial charge in [0, 0.05) is 38.6 Å². The fourth-order valence-corrected chi connectivity index (χ4v) is 3.01. The zero-order chi connectivity index (χ0) is 14.7. The Kier molecular flexibility index (Phi) is 4.19. The van der Waals surface area contributed by atoms with Crippen LogP contribution in [0.4, 0.5) is 0 Å². The Morgan fingerprint density at radius 3 is 2.90 bits per heavy atom. The van der Waals surface area contributed by atoms with E-state index in [2.05, 4.69) is 9.88 Å². The van der Waals surface area contributed by atoms with Gasteiger partial charge >= 0.3 is 0 Å². The van der Waals surface area contributed by atoms with Gasteiger partial charge in [-0.15, -0.1) is 0 Å². The zero-order valence-corrected chi connectivity index (χ0v) is 12.1. The van der Waals surface area contributed by atoms with E-state index in [4.69, 9.17) is 4.74 Å². The molecule has 1 aromatic rings. The predicted octanol–water partition coefficient (Wildman–Crippen LogP) is -0.00920. The van der Waals surface area contributed by atoms with Crippen molar-refractivity contribution in [3.8, 4) is 0 Å². The van der Waals surface area contributed by atoms with Gasteiger partial charge in [0.1, 0.15) is 0 Å². The first kappa shape index (κ1) is 14.4. The number of nitrogens with zero attached hydrogens (tertiary/aromatic N) is 3. The number of carbonyl (C=O) groups excluding carboxylic acids is 1. The number of amides is 1. The summed E-state index contributed by atoms with van der Waals surface area (Å²) in [4.78, 5) is 20.3. The maximum Gasteiger partial charge on any atom is 0.255 e. The summed E-state index contributed by atoms with van der Waals surface area (Å²) < 4.78 is 5.32. The lowest BCUT2D eigenvalue weighted by Crippen LogP contribution is -2.49. The van der Waals surface area contributed by atoms with Gasteiger partial charge in [-0.1, -0.05) is 0 Å². The summed E-state index contributed by atoms with van der Waals surface area (Å²) in [6.45, 7) is 4.71. The van der Waals surface area contributed by atoms with Crippen molar-refractivity contribution in [3.63, 3.8) is 0 Å². The third-order valence-corrected chi connectivity index (χ3v) is 4.15. The fourth-order valence-electron chi connectivity index (χ4n) is 3.01. The first-order chi connectivity index (χ1) is 10.2. The van der Waals surface area contributed by atoms with Crippen LogP contribution in [0.15, 0.2) is 24.5 Å². The molecule has 0 aliphatic carbocycles. The van der Waals surface area contributed by atoms with E-state index in [9.17, 15) is 9.90 Å². The summed E-state index contributed by atoms with van der Waals surface area (Å²) in [6, 6.07) is 3.51. The van der Waals surface area contributed by atoms with Gasteiger partial charge < -0.3 is 14.7 Å². The molecule has 1 amide bonds. The molecular weight excluding hydrogens is 270 g/mol. The Morgan fingerprint density at radius 1 is 1.38 bits per heavy atom. The molecule has 0 radical (unpaired) electrons. The van der Waals surface area contributed by atoms with Gasteiger partial charge in [0.05, 0.1) is 30.9 Å². The van der Waals surface area contributed by atoms with Crippen molar-refractivity contribution in [1.82, 2.24) is 14.8 Å². The molecule has 6 heteroatoms. The quantitative estimate of drug-likeness (QED) is 0.848. The number of likely N-dealkylation sites (tertiary alicyclic amines) is 1. The van der Waals surface area contributed by atoms with E-state index in [1.165, 1.54) is 0 Å². The SMILES string of the molecule is O=C(c1cccnc1)N1CC[C@@](O)(CN2CCOCC2)C1. The lowest BCUT2D eigenvalue weighted by Gasteiger charge is -2.33. The van der Waals surface area contributed by atoms with E-state index >= 15 is 0 Å². The summed E-state index contributed by atoms with van der Waals surface area (Å²) in [6.07, 6.45) is 3.84. The normalized spacial score (nSPS) is 27.0. The zero-order valence-electron chi connectivity index (χ0n) is 12.1. The van der Waals surface area contributed by atoms with Gasteiger partial charge in [0.15, 0.2) is 0 Å². The van der Waals surface area contributed by atoms with Crippen LogP contribution >= 0.6 is 0 Å². The van der Waals surface area contributed by atoms with Crippen LogP contribution < -0.4 is 0 Å². The summed E-state index contributed by atoms with van der Waals surface area (Å²) in [5, 5.41) is 10.7. The molecule has 6 nitrogen and oxygen atoms in total. The smallest absolute Gasteiger partial charge is 0.255 e. The summed E-state index contributed by atoms with van der Waals surface area (Å²) in [5.41, 5.74) is -0.233. The molecule has 21 heavy (non-hydrogen) atoms. The van der Waals surface area contributed by atoms with Crippen LogP contribution in [0.5, 0.6) is 0 Å². The van der Waals surface area contributed by atoms with E-state index in [-0.39, 0.29) is 5.91 Å². The van der Waals surface area contributed by atoms with Crippen LogP contribution in [-0.2, 0) is 4.74 Å². The van der Waals surface area contributed by atoms with E-state index in [0.717, 1.165) is 13.1 Å². The number of hydrogen-bond donors (Lipinski definition) is 1. The molecule has 0 aromatic carbocycles. The van der Waals surface area contributed by atoms with Crippen molar-refractivity contribution in [3.05, 3.63) is 30.1 Å². The molecular formula is C15H21N3O3. The average Bonchev–Trinajstić information content (AvgIpc) is 2.90. The molecule has 0 unspecified atom stereocenters. The van der Waals surface area contributed by atoms with E-state index in [1.54, 1.807) is 29.4 Å². The second-order valence-corrected chi connectivity index (χ2v) is 5.83. The lowest BCUT2D eigenvalue weighted by atomic mass is 10.0. The number of aliphatic hydroxyl groups is 1. The monoisotopic (exact) mass is 291 g/mol. The maximum absolute atomic E-state index is 12.4. The van der Waals surface area contributed by atoms with Gasteiger partial charge in [0.25, 0.3) is 5.91 Å². The van der Waals surface area contributed by atoms with Crippen molar-refractivity contribution >= 4 is 5.91 Å². The molecule has 2 saturated heterocycles. The summed E-state index contributed by atoms with van der Waals surface area (Å²) in [5.74, 6) is -0.0546. The lowest BCUT2D eigenvalue weighted by molar-refractivity contribution is -0.0257. The van der Waals surface area contributed by atoms with Gasteiger partial charge in [-0.05, 0) is 18.6 Å². The molecule has 2 fully saturated rings. The highest BCUT2D eigenvalue weighted by atomic mass is 16.5. The molecule has 3 heterocycles. The Bertz CT molecular complexity index is 490. The highest BCUT2D eigenvalue weighted by Crippen LogP contribution is 2.24. The number of aromatic nitrogens is 1. The second-order valence-electron chi connectivity index (χ2n) is 5.83. The van der Waals surface area contributed by atoms with Crippen LogP contribution in [0.1, 0.15) is 16.8 Å². The van der Waals surface area contributed by atoms with Crippen molar-refractivity contribution in [2.45, 2.75) is 12.0 Å². The van der Waals surface area contributed by atoms with Gasteiger partial charge in [-0.3, -0.25) is 14.7 Å². The fraction of sp³-hybridized carbons (Fsp3) is 0.600. The minimum absolute atomic E-state index is 0.0546. The van der Waals surface area contributed by atoms with Crippen molar-refractivity contribution in [1.29, 1.82) is 0 Å². The van der Waals surface area contributed by atoms with Crippen LogP contribution in [-0.4, -0.2) is 77.3 Å². The van der Waals surface area contributed by atoms with E-state index < -0.39 is 5.60 Å². The van der Waals surface area contributed by atoms with Gasteiger partial charge in [-0.25, -0.2) is 0 Å². The van der Waals surface area contributed by atoms with Crippen molar-refractivity contribution in [2.24, 2.45) is 0 Å². The molecule has 1 N–H and O–H groups in total. The summed E-state index contributed by atoms with van der Waals surface area (Å²) in [7, 11) is 0. The number of pyridine rings is 1. The molecule has 2 aliphatic heterocycles. The molecule has 1 aromatic heterocycles. The van der Waals surface area contributed by atoms with Crippen LogP contribution in [0.2, 0.25) is 0 Å². The molecule has 0 saturated carbocycles. The third kappa shape index (κ3) is 3.40. The predicted molar refractivity (Wildman–Crippen MR) is 77.0 cm³/mol. The standard InChI is InChI=1S/C15H21N3O3/c19-14(13-2-1-4-16-10-13)18-5-3-15(20,12-18)11-17-6-8-21-9-7-17/h1-2,4,10,20H,3,5-9,11-12H2/t15-/m1/s1.